The second kappa shape index (κ2) is 7.04. The third-order valence-corrected chi connectivity index (χ3v) is 3.21. The summed E-state index contributed by atoms with van der Waals surface area (Å²) in [5.41, 5.74) is -0.356. The zero-order chi connectivity index (χ0) is 12.8. The van der Waals surface area contributed by atoms with Crippen molar-refractivity contribution in [1.29, 1.82) is 0 Å². The van der Waals surface area contributed by atoms with E-state index in [0.29, 0.717) is 5.75 Å². The molecule has 0 saturated carbocycles. The van der Waals surface area contributed by atoms with E-state index in [1.54, 1.807) is 0 Å². The largest absolute Gasteiger partial charge is 0.451 e. The average molecular weight is 258 g/mol. The van der Waals surface area contributed by atoms with Crippen LogP contribution in [0.15, 0.2) is 0 Å². The number of thioether (sulfide) groups is 1. The van der Waals surface area contributed by atoms with Gasteiger partial charge in [0, 0.05) is 13.3 Å². The van der Waals surface area contributed by atoms with Gasteiger partial charge in [0.1, 0.15) is 5.44 Å². The molecular formula is C10H17F3O2S. The first-order valence-electron chi connectivity index (χ1n) is 5.08. The summed E-state index contributed by atoms with van der Waals surface area (Å²) >= 11 is 1.26. The first-order chi connectivity index (χ1) is 7.22. The second-order valence-corrected chi connectivity index (χ2v) is 5.02. The van der Waals surface area contributed by atoms with Crippen LogP contribution >= 0.6 is 11.8 Å². The van der Waals surface area contributed by atoms with Gasteiger partial charge in [-0.15, -0.1) is 11.8 Å². The highest BCUT2D eigenvalue weighted by Crippen LogP contribution is 2.26. The van der Waals surface area contributed by atoms with Gasteiger partial charge < -0.3 is 4.74 Å². The average Bonchev–Trinajstić information content (AvgIpc) is 2.07. The zero-order valence-corrected chi connectivity index (χ0v) is 10.5. The molecule has 0 N–H and O–H groups in total. The topological polar surface area (TPSA) is 26.3 Å². The maximum Gasteiger partial charge on any atom is 0.389 e. The predicted molar refractivity (Wildman–Crippen MR) is 58.1 cm³/mol. The Morgan fingerprint density at radius 2 is 1.94 bits per heavy atom. The van der Waals surface area contributed by atoms with Gasteiger partial charge in [-0.1, -0.05) is 13.8 Å². The number of carbonyl (C=O) groups is 1. The van der Waals surface area contributed by atoms with Gasteiger partial charge in [-0.25, -0.2) is 0 Å². The van der Waals surface area contributed by atoms with Crippen LogP contribution in [-0.4, -0.2) is 23.3 Å². The Hall–Kier alpha value is -0.390. The number of carbonyl (C=O) groups excluding carboxylic acids is 1. The minimum atomic E-state index is -4.10. The van der Waals surface area contributed by atoms with Gasteiger partial charge in [0.25, 0.3) is 0 Å². The molecule has 0 radical (unpaired) electrons. The van der Waals surface area contributed by atoms with Crippen LogP contribution in [0, 0.1) is 5.92 Å². The normalized spacial score (nSPS) is 13.9. The van der Waals surface area contributed by atoms with E-state index in [4.69, 9.17) is 4.74 Å². The first kappa shape index (κ1) is 15.6. The van der Waals surface area contributed by atoms with Crippen molar-refractivity contribution in [2.45, 2.75) is 45.2 Å². The second-order valence-electron chi connectivity index (χ2n) is 3.81. The van der Waals surface area contributed by atoms with Crippen molar-refractivity contribution >= 4 is 17.7 Å². The molecule has 0 aliphatic carbocycles. The maximum atomic E-state index is 11.9. The molecule has 0 aromatic rings. The van der Waals surface area contributed by atoms with Gasteiger partial charge in [0.15, 0.2) is 0 Å². The Morgan fingerprint density at radius 1 is 1.38 bits per heavy atom. The third-order valence-electron chi connectivity index (χ3n) is 1.71. The van der Waals surface area contributed by atoms with Crippen molar-refractivity contribution < 1.29 is 22.7 Å². The lowest BCUT2D eigenvalue weighted by Crippen LogP contribution is -2.19. The van der Waals surface area contributed by atoms with Crippen molar-refractivity contribution in [1.82, 2.24) is 0 Å². The molecule has 6 heteroatoms. The van der Waals surface area contributed by atoms with E-state index in [1.165, 1.54) is 18.7 Å². The summed E-state index contributed by atoms with van der Waals surface area (Å²) in [5, 5.41) is 0. The van der Waals surface area contributed by atoms with Crippen LogP contribution in [0.25, 0.3) is 0 Å². The molecule has 0 heterocycles. The van der Waals surface area contributed by atoms with Gasteiger partial charge in [-0.3, -0.25) is 4.79 Å². The molecule has 0 fully saturated rings. The Balaban J connectivity index is 3.81. The van der Waals surface area contributed by atoms with Gasteiger partial charge in [-0.2, -0.15) is 13.2 Å². The molecule has 1 unspecified atom stereocenters. The number of rotatable bonds is 6. The summed E-state index contributed by atoms with van der Waals surface area (Å²) in [6.45, 7) is 5.03. The Morgan fingerprint density at radius 3 is 2.31 bits per heavy atom. The standard InChI is InChI=1S/C10H17F3O2S/c1-7(2)9(15-8(3)14)16-6-4-5-10(11,12)13/h7,9H,4-6H2,1-3H3. The van der Waals surface area contributed by atoms with Crippen LogP contribution in [0.5, 0.6) is 0 Å². The Labute approximate surface area is 97.9 Å². The molecule has 0 aliphatic heterocycles. The van der Waals surface area contributed by atoms with E-state index in [-0.39, 0.29) is 17.8 Å². The van der Waals surface area contributed by atoms with Crippen LogP contribution in [0.4, 0.5) is 13.2 Å². The van der Waals surface area contributed by atoms with E-state index in [9.17, 15) is 18.0 Å². The zero-order valence-electron chi connectivity index (χ0n) is 9.63. The summed E-state index contributed by atoms with van der Waals surface area (Å²) in [7, 11) is 0. The van der Waals surface area contributed by atoms with Crippen LogP contribution < -0.4 is 0 Å². The maximum absolute atomic E-state index is 11.9. The Kier molecular flexibility index (Phi) is 6.87. The van der Waals surface area contributed by atoms with E-state index in [1.807, 2.05) is 13.8 Å². The highest BCUT2D eigenvalue weighted by Gasteiger charge is 2.26. The lowest BCUT2D eigenvalue weighted by Gasteiger charge is -2.20. The number of hydrogen-bond donors (Lipinski definition) is 0. The fourth-order valence-corrected chi connectivity index (χ4v) is 2.13. The minimum absolute atomic E-state index is 0.0542. The molecule has 0 aromatic carbocycles. The fraction of sp³-hybridized carbons (Fsp3) is 0.900. The number of esters is 1. The molecule has 0 rings (SSSR count). The highest BCUT2D eigenvalue weighted by molar-refractivity contribution is 7.99. The van der Waals surface area contributed by atoms with E-state index >= 15 is 0 Å². The molecule has 2 nitrogen and oxygen atoms in total. The molecule has 0 saturated heterocycles. The molecule has 0 spiro atoms. The molecule has 0 aromatic heterocycles. The van der Waals surface area contributed by atoms with E-state index in [2.05, 4.69) is 0 Å². The van der Waals surface area contributed by atoms with Gasteiger partial charge in [0.2, 0.25) is 0 Å². The first-order valence-corrected chi connectivity index (χ1v) is 6.13. The quantitative estimate of drug-likeness (QED) is 0.413. The number of alkyl halides is 3. The minimum Gasteiger partial charge on any atom is -0.451 e. The van der Waals surface area contributed by atoms with Gasteiger partial charge in [-0.05, 0) is 18.1 Å². The van der Waals surface area contributed by atoms with Gasteiger partial charge in [0.05, 0.1) is 0 Å². The molecule has 0 amide bonds. The van der Waals surface area contributed by atoms with Crippen molar-refractivity contribution in [3.05, 3.63) is 0 Å². The molecule has 0 bridgehead atoms. The van der Waals surface area contributed by atoms with Crippen molar-refractivity contribution in [3.63, 3.8) is 0 Å². The van der Waals surface area contributed by atoms with E-state index < -0.39 is 18.6 Å². The van der Waals surface area contributed by atoms with Crippen LogP contribution in [-0.2, 0) is 9.53 Å². The third kappa shape index (κ3) is 8.88. The summed E-state index contributed by atoms with van der Waals surface area (Å²) in [6, 6.07) is 0. The van der Waals surface area contributed by atoms with Crippen LogP contribution in [0.1, 0.15) is 33.6 Å². The molecule has 0 aliphatic rings. The molecule has 96 valence electrons. The van der Waals surface area contributed by atoms with Crippen LogP contribution in [0.2, 0.25) is 0 Å². The monoisotopic (exact) mass is 258 g/mol. The summed E-state index contributed by atoms with van der Waals surface area (Å²) in [4.78, 5) is 10.7. The summed E-state index contributed by atoms with van der Waals surface area (Å²) in [5.74, 6) is 0.0390. The number of halogens is 3. The SMILES string of the molecule is CC(=O)OC(SCCCC(F)(F)F)C(C)C. The van der Waals surface area contributed by atoms with Crippen molar-refractivity contribution in [2.24, 2.45) is 5.92 Å². The fourth-order valence-electron chi connectivity index (χ4n) is 0.998. The van der Waals surface area contributed by atoms with Crippen molar-refractivity contribution in [3.8, 4) is 0 Å². The summed E-state index contributed by atoms with van der Waals surface area (Å²) in [6.07, 6.45) is -4.83. The summed E-state index contributed by atoms with van der Waals surface area (Å²) < 4.78 is 40.5. The molecular weight excluding hydrogens is 241 g/mol. The lowest BCUT2D eigenvalue weighted by atomic mass is 10.2. The highest BCUT2D eigenvalue weighted by atomic mass is 32.2. The Bertz CT molecular complexity index is 217. The number of ether oxygens (including phenoxy) is 1. The molecule has 16 heavy (non-hydrogen) atoms. The lowest BCUT2D eigenvalue weighted by molar-refractivity contribution is -0.144. The number of hydrogen-bond acceptors (Lipinski definition) is 3. The van der Waals surface area contributed by atoms with Crippen LogP contribution in [0.3, 0.4) is 0 Å². The smallest absolute Gasteiger partial charge is 0.389 e. The van der Waals surface area contributed by atoms with E-state index in [0.717, 1.165) is 0 Å². The van der Waals surface area contributed by atoms with Crippen molar-refractivity contribution in [2.75, 3.05) is 5.75 Å². The van der Waals surface area contributed by atoms with Gasteiger partial charge >= 0.3 is 12.1 Å². The predicted octanol–water partition coefficient (Wildman–Crippen LogP) is 3.61. The molecule has 1 atom stereocenters.